The average molecular weight is 366 g/mol. The number of anilines is 1. The maximum atomic E-state index is 6.53. The van der Waals surface area contributed by atoms with E-state index in [9.17, 15) is 0 Å². The molecule has 3 aromatic carbocycles. The molecule has 3 atom stereocenters. The number of nitrogens with one attached hydrogen (secondary N) is 1. The molecule has 5 rings (SSSR count). The second kappa shape index (κ2) is 5.79. The summed E-state index contributed by atoms with van der Waals surface area (Å²) in [5, 5.41) is 7.84. The highest BCUT2D eigenvalue weighted by Crippen LogP contribution is 2.53. The van der Waals surface area contributed by atoms with Gasteiger partial charge in [0.05, 0.1) is 6.04 Å². The Bertz CT molecular complexity index is 988. The van der Waals surface area contributed by atoms with Crippen LogP contribution in [-0.4, -0.2) is 0 Å². The standard InChI is InChI=1S/C22H17Cl2N/c23-17-9-4-10-18(24)21(17)22-16-8-3-7-15(16)20-14-6-2-1-5-13(14)11-12-19(20)25-22/h1-7,9-12,15-16,22,25H,8H2/t15-,16-,22-/m1/s1. The maximum Gasteiger partial charge on any atom is 0.0583 e. The number of allylic oxidation sites excluding steroid dienone is 2. The fraction of sp³-hybridized carbons (Fsp3) is 0.182. The van der Waals surface area contributed by atoms with E-state index in [2.05, 4.69) is 53.9 Å². The van der Waals surface area contributed by atoms with Crippen LogP contribution in [0.1, 0.15) is 29.5 Å². The van der Waals surface area contributed by atoms with Gasteiger partial charge in [-0.2, -0.15) is 0 Å². The van der Waals surface area contributed by atoms with Crippen molar-refractivity contribution in [3.8, 4) is 0 Å². The molecule has 1 aliphatic heterocycles. The summed E-state index contributed by atoms with van der Waals surface area (Å²) in [5.41, 5.74) is 3.60. The highest BCUT2D eigenvalue weighted by molar-refractivity contribution is 6.36. The zero-order valence-corrected chi connectivity index (χ0v) is 15.1. The Hall–Kier alpha value is -1.96. The summed E-state index contributed by atoms with van der Waals surface area (Å²) in [6, 6.07) is 18.9. The molecule has 0 bridgehead atoms. The third-order valence-electron chi connectivity index (χ3n) is 5.57. The van der Waals surface area contributed by atoms with Crippen molar-refractivity contribution in [3.63, 3.8) is 0 Å². The van der Waals surface area contributed by atoms with Gasteiger partial charge < -0.3 is 5.32 Å². The molecule has 2 aliphatic rings. The van der Waals surface area contributed by atoms with Gasteiger partial charge in [-0.3, -0.25) is 0 Å². The first kappa shape index (κ1) is 15.3. The van der Waals surface area contributed by atoms with Gasteiger partial charge in [-0.1, -0.05) is 71.8 Å². The monoisotopic (exact) mass is 365 g/mol. The van der Waals surface area contributed by atoms with Gasteiger partial charge in [0.1, 0.15) is 0 Å². The van der Waals surface area contributed by atoms with E-state index in [1.54, 1.807) is 0 Å². The third-order valence-corrected chi connectivity index (χ3v) is 6.23. The summed E-state index contributed by atoms with van der Waals surface area (Å²) < 4.78 is 0. The van der Waals surface area contributed by atoms with Crippen LogP contribution in [0.2, 0.25) is 10.0 Å². The third kappa shape index (κ3) is 2.30. The molecule has 25 heavy (non-hydrogen) atoms. The Morgan fingerprint density at radius 2 is 1.64 bits per heavy atom. The highest BCUT2D eigenvalue weighted by atomic mass is 35.5. The van der Waals surface area contributed by atoms with Gasteiger partial charge >= 0.3 is 0 Å². The van der Waals surface area contributed by atoms with Crippen LogP contribution < -0.4 is 5.32 Å². The summed E-state index contributed by atoms with van der Waals surface area (Å²) in [7, 11) is 0. The fourth-order valence-electron chi connectivity index (χ4n) is 4.47. The lowest BCUT2D eigenvalue weighted by molar-refractivity contribution is 0.427. The highest BCUT2D eigenvalue weighted by Gasteiger charge is 2.40. The SMILES string of the molecule is Clc1cccc(Cl)c1[C@@H]1Nc2ccc3ccccc3c2[C@@H]2C=CC[C@H]21. The van der Waals surface area contributed by atoms with Crippen LogP contribution in [-0.2, 0) is 0 Å². The van der Waals surface area contributed by atoms with E-state index in [-0.39, 0.29) is 6.04 Å². The van der Waals surface area contributed by atoms with E-state index >= 15 is 0 Å². The topological polar surface area (TPSA) is 12.0 Å². The van der Waals surface area contributed by atoms with Gasteiger partial charge in [0, 0.05) is 27.2 Å². The van der Waals surface area contributed by atoms with Gasteiger partial charge in [0.2, 0.25) is 0 Å². The van der Waals surface area contributed by atoms with E-state index in [0.717, 1.165) is 22.0 Å². The Balaban J connectivity index is 1.72. The first-order valence-corrected chi connectivity index (χ1v) is 9.38. The largest absolute Gasteiger partial charge is 0.378 e. The van der Waals surface area contributed by atoms with Crippen LogP contribution in [0.5, 0.6) is 0 Å². The fourth-order valence-corrected chi connectivity index (χ4v) is 5.11. The molecular weight excluding hydrogens is 349 g/mol. The predicted octanol–water partition coefficient (Wildman–Crippen LogP) is 6.97. The second-order valence-electron chi connectivity index (χ2n) is 6.86. The quantitative estimate of drug-likeness (QED) is 0.459. The molecule has 3 heteroatoms. The molecular formula is C22H17Cl2N. The van der Waals surface area contributed by atoms with Crippen molar-refractivity contribution < 1.29 is 0 Å². The summed E-state index contributed by atoms with van der Waals surface area (Å²) in [4.78, 5) is 0. The number of rotatable bonds is 1. The first-order chi connectivity index (χ1) is 12.2. The molecule has 0 saturated heterocycles. The Morgan fingerprint density at radius 1 is 0.840 bits per heavy atom. The lowest BCUT2D eigenvalue weighted by Gasteiger charge is -2.38. The van der Waals surface area contributed by atoms with Crippen LogP contribution in [0.25, 0.3) is 10.8 Å². The Morgan fingerprint density at radius 3 is 2.48 bits per heavy atom. The first-order valence-electron chi connectivity index (χ1n) is 8.63. The molecule has 124 valence electrons. The van der Waals surface area contributed by atoms with Gasteiger partial charge in [-0.25, -0.2) is 0 Å². The average Bonchev–Trinajstić information content (AvgIpc) is 3.11. The molecule has 1 aliphatic carbocycles. The second-order valence-corrected chi connectivity index (χ2v) is 7.67. The molecule has 1 N–H and O–H groups in total. The molecule has 0 spiro atoms. The van der Waals surface area contributed by atoms with Gasteiger partial charge in [-0.05, 0) is 46.9 Å². The zero-order valence-electron chi connectivity index (χ0n) is 13.5. The normalized spacial score (nSPS) is 24.0. The van der Waals surface area contributed by atoms with Crippen molar-refractivity contribution in [1.82, 2.24) is 0 Å². The summed E-state index contributed by atoms with van der Waals surface area (Å²) in [6.07, 6.45) is 5.69. The minimum absolute atomic E-state index is 0.120. The number of benzene rings is 3. The predicted molar refractivity (Wildman–Crippen MR) is 107 cm³/mol. The molecule has 0 amide bonds. The molecule has 0 radical (unpaired) electrons. The van der Waals surface area contributed by atoms with E-state index in [1.807, 2.05) is 18.2 Å². The molecule has 0 aromatic heterocycles. The summed E-state index contributed by atoms with van der Waals surface area (Å²) in [6.45, 7) is 0. The van der Waals surface area contributed by atoms with E-state index in [1.165, 1.54) is 22.0 Å². The van der Waals surface area contributed by atoms with Crippen LogP contribution >= 0.6 is 23.2 Å². The van der Waals surface area contributed by atoms with Crippen LogP contribution in [0.4, 0.5) is 5.69 Å². The zero-order chi connectivity index (χ0) is 17.0. The molecule has 1 heterocycles. The van der Waals surface area contributed by atoms with Crippen molar-refractivity contribution >= 4 is 39.7 Å². The van der Waals surface area contributed by atoms with Gasteiger partial charge in [0.15, 0.2) is 0 Å². The van der Waals surface area contributed by atoms with E-state index < -0.39 is 0 Å². The number of hydrogen-bond acceptors (Lipinski definition) is 1. The van der Waals surface area contributed by atoms with E-state index in [0.29, 0.717) is 11.8 Å². The number of hydrogen-bond donors (Lipinski definition) is 1. The van der Waals surface area contributed by atoms with Gasteiger partial charge in [0.25, 0.3) is 0 Å². The summed E-state index contributed by atoms with van der Waals surface area (Å²) >= 11 is 13.1. The molecule has 0 unspecified atom stereocenters. The van der Waals surface area contributed by atoms with Crippen LogP contribution in [0, 0.1) is 5.92 Å². The van der Waals surface area contributed by atoms with Crippen LogP contribution in [0.15, 0.2) is 66.7 Å². The lowest BCUT2D eigenvalue weighted by atomic mass is 9.75. The number of halogens is 2. The Kier molecular flexibility index (Phi) is 3.55. The minimum atomic E-state index is 0.120. The maximum absolute atomic E-state index is 6.53. The molecule has 0 saturated carbocycles. The molecule has 0 fully saturated rings. The molecule has 1 nitrogen and oxygen atoms in total. The molecule has 3 aromatic rings. The van der Waals surface area contributed by atoms with Crippen molar-refractivity contribution in [1.29, 1.82) is 0 Å². The summed E-state index contributed by atoms with van der Waals surface area (Å²) in [5.74, 6) is 0.815. The van der Waals surface area contributed by atoms with Crippen molar-refractivity contribution in [3.05, 3.63) is 87.9 Å². The van der Waals surface area contributed by atoms with Gasteiger partial charge in [-0.15, -0.1) is 0 Å². The minimum Gasteiger partial charge on any atom is -0.378 e. The van der Waals surface area contributed by atoms with Crippen LogP contribution in [0.3, 0.4) is 0 Å². The Labute approximate surface area is 157 Å². The lowest BCUT2D eigenvalue weighted by Crippen LogP contribution is -2.29. The van der Waals surface area contributed by atoms with Crippen molar-refractivity contribution in [2.75, 3.05) is 5.32 Å². The number of fused-ring (bicyclic) bond motifs is 5. The van der Waals surface area contributed by atoms with Crippen molar-refractivity contribution in [2.45, 2.75) is 18.4 Å². The smallest absolute Gasteiger partial charge is 0.0583 e. The van der Waals surface area contributed by atoms with Crippen molar-refractivity contribution in [2.24, 2.45) is 5.92 Å². The van der Waals surface area contributed by atoms with E-state index in [4.69, 9.17) is 23.2 Å².